The quantitative estimate of drug-likeness (QED) is 0.801. The minimum Gasteiger partial charge on any atom is -0.323 e. The fourth-order valence-corrected chi connectivity index (χ4v) is 2.15. The van der Waals surface area contributed by atoms with Gasteiger partial charge in [0.1, 0.15) is 9.84 Å². The van der Waals surface area contributed by atoms with E-state index in [1.165, 1.54) is 6.26 Å². The number of rotatable bonds is 4. The maximum absolute atomic E-state index is 11.0. The molecule has 1 heterocycles. The average Bonchev–Trinajstić information content (AvgIpc) is 2.40. The van der Waals surface area contributed by atoms with E-state index < -0.39 is 9.84 Å². The number of aromatic nitrogens is 2. The molecule has 0 aliphatic heterocycles. The van der Waals surface area contributed by atoms with Crippen LogP contribution in [0.2, 0.25) is 0 Å². The number of sulfone groups is 1. The van der Waals surface area contributed by atoms with E-state index in [-0.39, 0.29) is 11.8 Å². The van der Waals surface area contributed by atoms with Gasteiger partial charge >= 0.3 is 0 Å². The van der Waals surface area contributed by atoms with Crippen molar-refractivity contribution in [3.63, 3.8) is 0 Å². The Morgan fingerprint density at radius 3 is 2.60 bits per heavy atom. The molecule has 6 heteroatoms. The minimum atomic E-state index is -2.94. The Labute approximate surface area is 90.2 Å². The Morgan fingerprint density at radius 1 is 1.60 bits per heavy atom. The molecule has 86 valence electrons. The molecule has 1 rings (SSSR count). The van der Waals surface area contributed by atoms with Crippen LogP contribution in [0.4, 0.5) is 0 Å². The monoisotopic (exact) mass is 231 g/mol. The summed E-state index contributed by atoms with van der Waals surface area (Å²) in [4.78, 5) is 0. The molecule has 15 heavy (non-hydrogen) atoms. The maximum Gasteiger partial charge on any atom is 0.147 e. The smallest absolute Gasteiger partial charge is 0.147 e. The highest BCUT2D eigenvalue weighted by molar-refractivity contribution is 7.90. The van der Waals surface area contributed by atoms with Crippen LogP contribution < -0.4 is 5.73 Å². The van der Waals surface area contributed by atoms with E-state index in [1.54, 1.807) is 4.68 Å². The molecular formula is C9H17N3O2S. The van der Waals surface area contributed by atoms with Gasteiger partial charge in [0.05, 0.1) is 17.1 Å². The molecule has 0 radical (unpaired) electrons. The van der Waals surface area contributed by atoms with Gasteiger partial charge in [-0.25, -0.2) is 8.42 Å². The Kier molecular flexibility index (Phi) is 3.51. The van der Waals surface area contributed by atoms with Gasteiger partial charge in [-0.15, -0.1) is 0 Å². The summed E-state index contributed by atoms with van der Waals surface area (Å²) in [5, 5.41) is 4.16. The number of hydrogen-bond acceptors (Lipinski definition) is 4. The molecule has 0 amide bonds. The van der Waals surface area contributed by atoms with Crippen molar-refractivity contribution in [1.29, 1.82) is 0 Å². The number of nitrogens with zero attached hydrogens (tertiary/aromatic N) is 2. The molecule has 0 spiro atoms. The van der Waals surface area contributed by atoms with E-state index in [2.05, 4.69) is 5.10 Å². The van der Waals surface area contributed by atoms with Crippen molar-refractivity contribution in [1.82, 2.24) is 9.78 Å². The van der Waals surface area contributed by atoms with Crippen molar-refractivity contribution in [2.45, 2.75) is 19.4 Å². The summed E-state index contributed by atoms with van der Waals surface area (Å²) in [6.45, 7) is 1.88. The van der Waals surface area contributed by atoms with Gasteiger partial charge in [-0.05, 0) is 19.4 Å². The lowest BCUT2D eigenvalue weighted by atomic mass is 10.1. The summed E-state index contributed by atoms with van der Waals surface area (Å²) in [7, 11) is -1.13. The van der Waals surface area contributed by atoms with E-state index in [1.807, 2.05) is 20.0 Å². The van der Waals surface area contributed by atoms with Gasteiger partial charge in [0.2, 0.25) is 0 Å². The summed E-state index contributed by atoms with van der Waals surface area (Å²) in [6, 6.07) is 1.61. The molecule has 1 aromatic heterocycles. The fraction of sp³-hybridized carbons (Fsp3) is 0.667. The second-order valence-corrected chi connectivity index (χ2v) is 6.12. The highest BCUT2D eigenvalue weighted by Gasteiger charge is 2.13. The van der Waals surface area contributed by atoms with Gasteiger partial charge in [0.25, 0.3) is 0 Å². The maximum atomic E-state index is 11.0. The van der Waals surface area contributed by atoms with Crippen molar-refractivity contribution < 1.29 is 8.42 Å². The van der Waals surface area contributed by atoms with Crippen molar-refractivity contribution in [2.75, 3.05) is 12.0 Å². The zero-order valence-corrected chi connectivity index (χ0v) is 10.1. The topological polar surface area (TPSA) is 78.0 Å². The summed E-state index contributed by atoms with van der Waals surface area (Å²) in [6.07, 6.45) is 1.64. The lowest BCUT2D eigenvalue weighted by Gasteiger charge is -2.10. The predicted octanol–water partition coefficient (Wildman–Crippen LogP) is 0.163. The standard InChI is InChI=1S/C9H17N3O2S/c1-7-6-9(12(2)11-7)8(10)4-5-15(3,13)14/h6,8H,4-5,10H2,1-3H3. The van der Waals surface area contributed by atoms with Gasteiger partial charge in [0, 0.05) is 19.3 Å². The Hall–Kier alpha value is -0.880. The van der Waals surface area contributed by atoms with Gasteiger partial charge in [-0.1, -0.05) is 0 Å². The van der Waals surface area contributed by atoms with E-state index in [4.69, 9.17) is 5.73 Å². The second-order valence-electron chi connectivity index (χ2n) is 3.86. The molecule has 1 aromatic rings. The SMILES string of the molecule is Cc1cc(C(N)CCS(C)(=O)=O)n(C)n1. The molecule has 1 unspecified atom stereocenters. The Morgan fingerprint density at radius 2 is 2.20 bits per heavy atom. The van der Waals surface area contributed by atoms with E-state index in [0.717, 1.165) is 11.4 Å². The number of aryl methyl sites for hydroxylation is 2. The first-order valence-corrected chi connectivity index (χ1v) is 6.79. The van der Waals surface area contributed by atoms with Crippen molar-refractivity contribution in [3.05, 3.63) is 17.5 Å². The highest BCUT2D eigenvalue weighted by Crippen LogP contribution is 2.14. The van der Waals surface area contributed by atoms with Crippen LogP contribution >= 0.6 is 0 Å². The summed E-state index contributed by atoms with van der Waals surface area (Å²) in [5.74, 6) is 0.110. The number of hydrogen-bond donors (Lipinski definition) is 1. The van der Waals surface area contributed by atoms with E-state index in [0.29, 0.717) is 6.42 Å². The van der Waals surface area contributed by atoms with Crippen LogP contribution in [-0.2, 0) is 16.9 Å². The highest BCUT2D eigenvalue weighted by atomic mass is 32.2. The summed E-state index contributed by atoms with van der Waals surface area (Å²) in [5.41, 5.74) is 7.65. The van der Waals surface area contributed by atoms with E-state index in [9.17, 15) is 8.42 Å². The summed E-state index contributed by atoms with van der Waals surface area (Å²) < 4.78 is 23.7. The van der Waals surface area contributed by atoms with Gasteiger partial charge < -0.3 is 5.73 Å². The van der Waals surface area contributed by atoms with Crippen molar-refractivity contribution >= 4 is 9.84 Å². The van der Waals surface area contributed by atoms with E-state index >= 15 is 0 Å². The van der Waals surface area contributed by atoms with Gasteiger partial charge in [0.15, 0.2) is 0 Å². The third kappa shape index (κ3) is 3.64. The Bertz CT molecular complexity index is 436. The number of nitrogens with two attached hydrogens (primary N) is 1. The molecular weight excluding hydrogens is 214 g/mol. The second kappa shape index (κ2) is 4.32. The fourth-order valence-electron chi connectivity index (χ4n) is 1.47. The molecule has 0 aliphatic rings. The van der Waals surface area contributed by atoms with Crippen LogP contribution in [0, 0.1) is 6.92 Å². The first kappa shape index (κ1) is 12.2. The van der Waals surface area contributed by atoms with Crippen LogP contribution in [0.25, 0.3) is 0 Å². The first-order valence-electron chi connectivity index (χ1n) is 4.73. The van der Waals surface area contributed by atoms with Crippen LogP contribution in [0.5, 0.6) is 0 Å². The summed E-state index contributed by atoms with van der Waals surface area (Å²) >= 11 is 0. The third-order valence-electron chi connectivity index (χ3n) is 2.22. The van der Waals surface area contributed by atoms with Crippen LogP contribution in [0.3, 0.4) is 0 Å². The van der Waals surface area contributed by atoms with Crippen LogP contribution in [0.1, 0.15) is 23.9 Å². The van der Waals surface area contributed by atoms with Gasteiger partial charge in [-0.2, -0.15) is 5.10 Å². The van der Waals surface area contributed by atoms with Crippen LogP contribution in [-0.4, -0.2) is 30.2 Å². The molecule has 0 aromatic carbocycles. The first-order chi connectivity index (χ1) is 6.79. The zero-order chi connectivity index (χ0) is 11.6. The van der Waals surface area contributed by atoms with Gasteiger partial charge in [-0.3, -0.25) is 4.68 Å². The molecule has 0 fully saturated rings. The average molecular weight is 231 g/mol. The molecule has 2 N–H and O–H groups in total. The molecule has 0 saturated heterocycles. The van der Waals surface area contributed by atoms with Crippen molar-refractivity contribution in [3.8, 4) is 0 Å². The molecule has 5 nitrogen and oxygen atoms in total. The van der Waals surface area contributed by atoms with Crippen LogP contribution in [0.15, 0.2) is 6.07 Å². The minimum absolute atomic E-state index is 0.110. The zero-order valence-electron chi connectivity index (χ0n) is 9.27. The predicted molar refractivity (Wildman–Crippen MR) is 59.2 cm³/mol. The molecule has 1 atom stereocenters. The third-order valence-corrected chi connectivity index (χ3v) is 3.20. The van der Waals surface area contributed by atoms with Crippen molar-refractivity contribution in [2.24, 2.45) is 12.8 Å². The molecule has 0 saturated carbocycles. The lowest BCUT2D eigenvalue weighted by molar-refractivity contribution is 0.577. The molecule has 0 aliphatic carbocycles. The largest absolute Gasteiger partial charge is 0.323 e. The normalized spacial score (nSPS) is 14.1. The molecule has 0 bridgehead atoms. The Balaban J connectivity index is 2.69. The lowest BCUT2D eigenvalue weighted by Crippen LogP contribution is -2.18.